The molecule has 0 heterocycles. The van der Waals surface area contributed by atoms with E-state index >= 15 is 0 Å². The van der Waals surface area contributed by atoms with Crippen LogP contribution in [0.4, 0.5) is 0 Å². The fourth-order valence-electron chi connectivity index (χ4n) is 2.35. The minimum atomic E-state index is -1.74. The van der Waals surface area contributed by atoms with E-state index in [2.05, 4.69) is 0 Å². The van der Waals surface area contributed by atoms with Crippen molar-refractivity contribution in [3.8, 4) is 11.5 Å². The van der Waals surface area contributed by atoms with Crippen molar-refractivity contribution >= 4 is 29.7 Å². The highest BCUT2D eigenvalue weighted by atomic mass is 16.4. The number of hydrogen-bond acceptors (Lipinski definition) is 7. The van der Waals surface area contributed by atoms with Crippen molar-refractivity contribution in [2.24, 2.45) is 0 Å². The molecule has 2 rings (SSSR count). The van der Waals surface area contributed by atoms with Crippen molar-refractivity contribution < 1.29 is 54.6 Å². The van der Waals surface area contributed by atoms with E-state index in [0.717, 1.165) is 0 Å². The Morgan fingerprint density at radius 1 is 0.500 bits per heavy atom. The molecule has 11 heteroatoms. The van der Waals surface area contributed by atoms with Gasteiger partial charge in [-0.25, -0.2) is 19.2 Å². The van der Waals surface area contributed by atoms with Crippen LogP contribution in [0.3, 0.4) is 0 Å². The quantitative estimate of drug-likeness (QED) is 0.385. The summed E-state index contributed by atoms with van der Waals surface area (Å²) in [6, 6.07) is 2.61. The van der Waals surface area contributed by atoms with Gasteiger partial charge in [-0.3, -0.25) is 4.79 Å². The molecule has 0 amide bonds. The maximum atomic E-state index is 12.6. The predicted octanol–water partition coefficient (Wildman–Crippen LogP) is 1.12. The summed E-state index contributed by atoms with van der Waals surface area (Å²) in [6.45, 7) is 0. The first-order valence-corrected chi connectivity index (χ1v) is 7.17. The lowest BCUT2D eigenvalue weighted by Crippen LogP contribution is -2.12. The number of carbonyl (C=O) groups is 5. The Hall–Kier alpha value is -4.41. The normalized spacial score (nSPS) is 10.3. The van der Waals surface area contributed by atoms with Gasteiger partial charge in [0.2, 0.25) is 0 Å². The standard InChI is InChI=1S/C17H10O11/c18-11(5-1-7(14(21)22)12(19)8(2-5)15(23)24)6-3-9(16(25)26)13(20)10(4-6)17(27)28/h1-4,19-20H,(H,21,22)(H,23,24)(H,25,26)(H,27,28). The first-order valence-electron chi connectivity index (χ1n) is 7.17. The van der Waals surface area contributed by atoms with Crippen LogP contribution in [-0.2, 0) is 0 Å². The maximum Gasteiger partial charge on any atom is 0.339 e. The van der Waals surface area contributed by atoms with Crippen molar-refractivity contribution in [1.82, 2.24) is 0 Å². The molecular weight excluding hydrogens is 380 g/mol. The first-order chi connectivity index (χ1) is 13.0. The molecular formula is C17H10O11. The smallest absolute Gasteiger partial charge is 0.339 e. The zero-order valence-corrected chi connectivity index (χ0v) is 13.5. The van der Waals surface area contributed by atoms with E-state index in [9.17, 15) is 34.2 Å². The van der Waals surface area contributed by atoms with Gasteiger partial charge in [0.1, 0.15) is 33.8 Å². The third-order valence-electron chi connectivity index (χ3n) is 3.67. The summed E-state index contributed by atoms with van der Waals surface area (Å²) in [5.74, 6) is -10.3. The molecule has 0 bridgehead atoms. The largest absolute Gasteiger partial charge is 0.506 e. The number of hydrogen-bond donors (Lipinski definition) is 6. The molecule has 0 unspecified atom stereocenters. The number of rotatable bonds is 6. The minimum absolute atomic E-state index is 0.564. The Labute approximate surface area is 154 Å². The summed E-state index contributed by atoms with van der Waals surface area (Å²) >= 11 is 0. The second-order valence-electron chi connectivity index (χ2n) is 5.39. The van der Waals surface area contributed by atoms with E-state index in [-0.39, 0.29) is 0 Å². The van der Waals surface area contributed by atoms with E-state index in [1.165, 1.54) is 0 Å². The Morgan fingerprint density at radius 3 is 0.893 bits per heavy atom. The van der Waals surface area contributed by atoms with Gasteiger partial charge in [0.25, 0.3) is 0 Å². The lowest BCUT2D eigenvalue weighted by atomic mass is 9.94. The molecule has 2 aromatic carbocycles. The molecule has 28 heavy (non-hydrogen) atoms. The van der Waals surface area contributed by atoms with Crippen LogP contribution in [0.2, 0.25) is 0 Å². The van der Waals surface area contributed by atoms with Crippen molar-refractivity contribution in [1.29, 1.82) is 0 Å². The molecule has 144 valence electrons. The zero-order chi connectivity index (χ0) is 21.3. The van der Waals surface area contributed by atoms with Gasteiger partial charge in [0.15, 0.2) is 5.78 Å². The van der Waals surface area contributed by atoms with Gasteiger partial charge >= 0.3 is 23.9 Å². The summed E-state index contributed by atoms with van der Waals surface area (Å²) < 4.78 is 0. The molecule has 6 N–H and O–H groups in total. The minimum Gasteiger partial charge on any atom is -0.506 e. The topological polar surface area (TPSA) is 207 Å². The number of phenols is 2. The second-order valence-corrected chi connectivity index (χ2v) is 5.39. The average molecular weight is 390 g/mol. The number of benzene rings is 2. The fourth-order valence-corrected chi connectivity index (χ4v) is 2.35. The molecule has 2 aromatic rings. The molecule has 0 aliphatic rings. The molecule has 0 atom stereocenters. The van der Waals surface area contributed by atoms with Crippen molar-refractivity contribution in [3.05, 3.63) is 57.6 Å². The van der Waals surface area contributed by atoms with Crippen LogP contribution >= 0.6 is 0 Å². The lowest BCUT2D eigenvalue weighted by Gasteiger charge is -2.10. The predicted molar refractivity (Wildman–Crippen MR) is 87.5 cm³/mol. The number of carboxylic acid groups (broad SMARTS) is 4. The van der Waals surface area contributed by atoms with E-state index in [1.807, 2.05) is 0 Å². The Morgan fingerprint density at radius 2 is 0.714 bits per heavy atom. The van der Waals surface area contributed by atoms with E-state index in [1.54, 1.807) is 0 Å². The highest BCUT2D eigenvalue weighted by molar-refractivity contribution is 6.14. The molecule has 11 nitrogen and oxygen atoms in total. The summed E-state index contributed by atoms with van der Waals surface area (Å²) in [5, 5.41) is 55.7. The first kappa shape index (κ1) is 19.9. The van der Waals surface area contributed by atoms with Gasteiger partial charge in [-0.1, -0.05) is 0 Å². The van der Waals surface area contributed by atoms with Crippen LogP contribution in [0, 0.1) is 0 Å². The van der Waals surface area contributed by atoms with Crippen LogP contribution in [0.5, 0.6) is 11.5 Å². The van der Waals surface area contributed by atoms with E-state index in [4.69, 9.17) is 20.4 Å². The summed E-state index contributed by atoms with van der Waals surface area (Å²) in [6.07, 6.45) is 0. The number of aromatic hydroxyl groups is 2. The van der Waals surface area contributed by atoms with Crippen molar-refractivity contribution in [3.63, 3.8) is 0 Å². The van der Waals surface area contributed by atoms with E-state index < -0.39 is 74.5 Å². The Bertz CT molecular complexity index is 911. The van der Waals surface area contributed by atoms with Gasteiger partial charge in [-0.15, -0.1) is 0 Å². The fraction of sp³-hybridized carbons (Fsp3) is 0. The molecule has 0 radical (unpaired) electrons. The van der Waals surface area contributed by atoms with Crippen LogP contribution in [0.15, 0.2) is 24.3 Å². The van der Waals surface area contributed by atoms with Crippen LogP contribution in [0.1, 0.15) is 57.4 Å². The highest BCUT2D eigenvalue weighted by Gasteiger charge is 2.26. The summed E-state index contributed by atoms with van der Waals surface area (Å²) in [4.78, 5) is 57.4. The molecule has 0 saturated heterocycles. The highest BCUT2D eigenvalue weighted by Crippen LogP contribution is 2.29. The van der Waals surface area contributed by atoms with Crippen molar-refractivity contribution in [2.45, 2.75) is 0 Å². The zero-order valence-electron chi connectivity index (χ0n) is 13.5. The third kappa shape index (κ3) is 3.44. The van der Waals surface area contributed by atoms with Gasteiger partial charge in [0, 0.05) is 11.1 Å². The molecule has 0 spiro atoms. The summed E-state index contributed by atoms with van der Waals surface area (Å²) in [5.41, 5.74) is -4.74. The number of ketones is 1. The van der Waals surface area contributed by atoms with Crippen LogP contribution < -0.4 is 0 Å². The lowest BCUT2D eigenvalue weighted by molar-refractivity contribution is 0.0669. The Balaban J connectivity index is 2.76. The molecule has 0 fully saturated rings. The monoisotopic (exact) mass is 390 g/mol. The molecule has 0 aliphatic carbocycles. The molecule has 0 aliphatic heterocycles. The second kappa shape index (κ2) is 7.07. The SMILES string of the molecule is O=C(c1cc(C(=O)O)c(O)c(C(=O)O)c1)c1cc(C(=O)O)c(O)c(C(=O)O)c1. The number of carbonyl (C=O) groups excluding carboxylic acids is 1. The van der Waals surface area contributed by atoms with Crippen LogP contribution in [0.25, 0.3) is 0 Å². The van der Waals surface area contributed by atoms with Gasteiger partial charge < -0.3 is 30.6 Å². The summed E-state index contributed by atoms with van der Waals surface area (Å²) in [7, 11) is 0. The molecule has 0 aromatic heterocycles. The van der Waals surface area contributed by atoms with Crippen molar-refractivity contribution in [2.75, 3.05) is 0 Å². The third-order valence-corrected chi connectivity index (χ3v) is 3.67. The Kier molecular flexibility index (Phi) is 5.03. The van der Waals surface area contributed by atoms with Crippen LogP contribution in [-0.4, -0.2) is 60.3 Å². The number of aromatic carboxylic acids is 4. The van der Waals surface area contributed by atoms with Gasteiger partial charge in [-0.05, 0) is 24.3 Å². The van der Waals surface area contributed by atoms with Gasteiger partial charge in [-0.2, -0.15) is 0 Å². The van der Waals surface area contributed by atoms with E-state index in [0.29, 0.717) is 24.3 Å². The number of carboxylic acids is 4. The maximum absolute atomic E-state index is 12.6. The van der Waals surface area contributed by atoms with Gasteiger partial charge in [0.05, 0.1) is 0 Å². The molecule has 0 saturated carbocycles. The average Bonchev–Trinajstić information content (AvgIpc) is 2.60.